The summed E-state index contributed by atoms with van der Waals surface area (Å²) < 4.78 is 5.01. The Morgan fingerprint density at radius 2 is 1.59 bits per heavy atom. The first-order valence-corrected chi connectivity index (χ1v) is 8.41. The highest BCUT2D eigenvalue weighted by Gasteiger charge is 2.28. The van der Waals surface area contributed by atoms with Crippen LogP contribution in [0.15, 0.2) is 0 Å². The van der Waals surface area contributed by atoms with Gasteiger partial charge in [0.2, 0.25) is 5.91 Å². The minimum Gasteiger partial charge on any atom is -0.450 e. The van der Waals surface area contributed by atoms with Crippen molar-refractivity contribution in [3.63, 3.8) is 0 Å². The van der Waals surface area contributed by atoms with E-state index in [1.54, 1.807) is 4.90 Å². The monoisotopic (exact) mass is 311 g/mol. The van der Waals surface area contributed by atoms with Gasteiger partial charge in [-0.25, -0.2) is 4.79 Å². The normalized spacial score (nSPS) is 26.9. The zero-order valence-electron chi connectivity index (χ0n) is 14.1. The molecular formula is C16H29N3O3. The van der Waals surface area contributed by atoms with Crippen molar-refractivity contribution in [2.75, 3.05) is 52.4 Å². The molecule has 0 aromatic carbocycles. The number of likely N-dealkylation sites (tertiary alicyclic amines) is 1. The number of amides is 2. The van der Waals surface area contributed by atoms with Gasteiger partial charge in [-0.15, -0.1) is 0 Å². The number of hydrogen-bond acceptors (Lipinski definition) is 4. The Labute approximate surface area is 133 Å². The molecule has 0 aromatic rings. The first-order valence-electron chi connectivity index (χ1n) is 8.41. The molecule has 6 nitrogen and oxygen atoms in total. The van der Waals surface area contributed by atoms with Crippen molar-refractivity contribution in [1.82, 2.24) is 14.7 Å². The zero-order valence-corrected chi connectivity index (χ0v) is 14.1. The Kier molecular flexibility index (Phi) is 6.06. The minimum absolute atomic E-state index is 0.225. The molecule has 22 heavy (non-hydrogen) atoms. The average molecular weight is 311 g/mol. The Balaban J connectivity index is 1.76. The predicted molar refractivity (Wildman–Crippen MR) is 84.6 cm³/mol. The van der Waals surface area contributed by atoms with Crippen molar-refractivity contribution in [3.05, 3.63) is 0 Å². The Morgan fingerprint density at radius 3 is 2.14 bits per heavy atom. The number of ether oxygens (including phenoxy) is 1. The third-order valence-corrected chi connectivity index (χ3v) is 4.48. The Bertz CT molecular complexity index is 384. The van der Waals surface area contributed by atoms with Crippen molar-refractivity contribution < 1.29 is 14.3 Å². The lowest BCUT2D eigenvalue weighted by Gasteiger charge is -2.38. The van der Waals surface area contributed by atoms with Gasteiger partial charge < -0.3 is 14.5 Å². The highest BCUT2D eigenvalue weighted by molar-refractivity contribution is 5.78. The topological polar surface area (TPSA) is 53.1 Å². The molecular weight excluding hydrogens is 282 g/mol. The molecule has 126 valence electrons. The number of piperazine rings is 1. The second-order valence-electron chi connectivity index (χ2n) is 6.71. The van der Waals surface area contributed by atoms with Crippen LogP contribution in [0.3, 0.4) is 0 Å². The van der Waals surface area contributed by atoms with Crippen LogP contribution in [0.25, 0.3) is 0 Å². The fourth-order valence-corrected chi connectivity index (χ4v) is 3.46. The van der Waals surface area contributed by atoms with Gasteiger partial charge >= 0.3 is 6.09 Å². The minimum atomic E-state index is -0.243. The standard InChI is InChI=1S/C16H29N3O3/c1-4-22-16(21)18-7-5-17(6-8-18)12-15(20)19-10-13(2)9-14(3)11-19/h13-14H,4-12H2,1-3H3. The molecule has 6 heteroatoms. The summed E-state index contributed by atoms with van der Waals surface area (Å²) in [5.74, 6) is 1.41. The van der Waals surface area contributed by atoms with Crippen LogP contribution >= 0.6 is 0 Å². The van der Waals surface area contributed by atoms with E-state index in [0.717, 1.165) is 26.2 Å². The van der Waals surface area contributed by atoms with Crippen LogP contribution in [0.2, 0.25) is 0 Å². The van der Waals surface area contributed by atoms with Crippen molar-refractivity contribution in [2.24, 2.45) is 11.8 Å². The molecule has 2 fully saturated rings. The van der Waals surface area contributed by atoms with Crippen LogP contribution in [-0.4, -0.2) is 79.1 Å². The number of rotatable bonds is 3. The number of nitrogens with zero attached hydrogens (tertiary/aromatic N) is 3. The number of carbonyl (C=O) groups excluding carboxylic acids is 2. The Morgan fingerprint density at radius 1 is 1.00 bits per heavy atom. The molecule has 2 aliphatic heterocycles. The molecule has 2 heterocycles. The molecule has 0 saturated carbocycles. The molecule has 0 spiro atoms. The second kappa shape index (κ2) is 7.81. The molecule has 2 atom stereocenters. The fraction of sp³-hybridized carbons (Fsp3) is 0.875. The zero-order chi connectivity index (χ0) is 16.1. The van der Waals surface area contributed by atoms with Crippen LogP contribution < -0.4 is 0 Å². The van der Waals surface area contributed by atoms with Crippen molar-refractivity contribution in [3.8, 4) is 0 Å². The smallest absolute Gasteiger partial charge is 0.409 e. The van der Waals surface area contributed by atoms with Crippen LogP contribution in [0.5, 0.6) is 0 Å². The van der Waals surface area contributed by atoms with Crippen molar-refractivity contribution in [1.29, 1.82) is 0 Å². The number of hydrogen-bond donors (Lipinski definition) is 0. The van der Waals surface area contributed by atoms with E-state index in [1.165, 1.54) is 6.42 Å². The van der Waals surface area contributed by atoms with Crippen LogP contribution in [0.1, 0.15) is 27.2 Å². The van der Waals surface area contributed by atoms with Crippen molar-refractivity contribution in [2.45, 2.75) is 27.2 Å². The van der Waals surface area contributed by atoms with Gasteiger partial charge in [0, 0.05) is 39.3 Å². The third kappa shape index (κ3) is 4.60. The summed E-state index contributed by atoms with van der Waals surface area (Å²) in [6.45, 7) is 11.6. The lowest BCUT2D eigenvalue weighted by Crippen LogP contribution is -2.53. The maximum absolute atomic E-state index is 12.5. The molecule has 0 bridgehead atoms. The average Bonchev–Trinajstić information content (AvgIpc) is 2.47. The summed E-state index contributed by atoms with van der Waals surface area (Å²) in [7, 11) is 0. The largest absolute Gasteiger partial charge is 0.450 e. The number of carbonyl (C=O) groups is 2. The van der Waals surface area contributed by atoms with Gasteiger partial charge in [-0.1, -0.05) is 13.8 Å². The lowest BCUT2D eigenvalue weighted by molar-refractivity contribution is -0.135. The van der Waals surface area contributed by atoms with E-state index in [2.05, 4.69) is 18.7 Å². The van der Waals surface area contributed by atoms with E-state index in [4.69, 9.17) is 4.74 Å². The van der Waals surface area contributed by atoms with Crippen LogP contribution in [0.4, 0.5) is 4.79 Å². The molecule has 2 amide bonds. The second-order valence-corrected chi connectivity index (χ2v) is 6.71. The van der Waals surface area contributed by atoms with Crippen LogP contribution in [0, 0.1) is 11.8 Å². The number of piperidine rings is 1. The fourth-order valence-electron chi connectivity index (χ4n) is 3.46. The third-order valence-electron chi connectivity index (χ3n) is 4.48. The SMILES string of the molecule is CCOC(=O)N1CCN(CC(=O)N2CC(C)CC(C)C2)CC1. The molecule has 0 radical (unpaired) electrons. The first-order chi connectivity index (χ1) is 10.5. The van der Waals surface area contributed by atoms with Gasteiger partial charge in [0.05, 0.1) is 13.2 Å². The predicted octanol–water partition coefficient (Wildman–Crippen LogP) is 1.26. The van der Waals surface area contributed by atoms with E-state index in [-0.39, 0.29) is 12.0 Å². The highest BCUT2D eigenvalue weighted by atomic mass is 16.6. The molecule has 2 saturated heterocycles. The van der Waals surface area contributed by atoms with E-state index in [1.807, 2.05) is 11.8 Å². The van der Waals surface area contributed by atoms with E-state index < -0.39 is 0 Å². The summed E-state index contributed by atoms with van der Waals surface area (Å²) in [5.41, 5.74) is 0. The van der Waals surface area contributed by atoms with Gasteiger partial charge in [-0.3, -0.25) is 9.69 Å². The van der Waals surface area contributed by atoms with E-state index in [0.29, 0.717) is 38.1 Å². The summed E-state index contributed by atoms with van der Waals surface area (Å²) in [5, 5.41) is 0. The molecule has 0 aromatic heterocycles. The van der Waals surface area contributed by atoms with Crippen molar-refractivity contribution >= 4 is 12.0 Å². The van der Waals surface area contributed by atoms with Gasteiger partial charge in [-0.2, -0.15) is 0 Å². The molecule has 2 rings (SSSR count). The lowest BCUT2D eigenvalue weighted by atomic mass is 9.92. The summed E-state index contributed by atoms with van der Waals surface area (Å²) in [6, 6.07) is 0. The quantitative estimate of drug-likeness (QED) is 0.787. The molecule has 0 N–H and O–H groups in total. The molecule has 2 unspecified atom stereocenters. The maximum Gasteiger partial charge on any atom is 0.409 e. The maximum atomic E-state index is 12.5. The summed E-state index contributed by atoms with van der Waals surface area (Å²) in [4.78, 5) is 30.0. The van der Waals surface area contributed by atoms with E-state index >= 15 is 0 Å². The van der Waals surface area contributed by atoms with E-state index in [9.17, 15) is 9.59 Å². The summed E-state index contributed by atoms with van der Waals surface area (Å²) in [6.07, 6.45) is 0.967. The van der Waals surface area contributed by atoms with Gasteiger partial charge in [0.15, 0.2) is 0 Å². The van der Waals surface area contributed by atoms with Gasteiger partial charge in [-0.05, 0) is 25.2 Å². The Hall–Kier alpha value is -1.30. The van der Waals surface area contributed by atoms with Crippen LogP contribution in [-0.2, 0) is 9.53 Å². The van der Waals surface area contributed by atoms with Gasteiger partial charge in [0.1, 0.15) is 0 Å². The highest BCUT2D eigenvalue weighted by Crippen LogP contribution is 2.21. The molecule has 2 aliphatic rings. The first kappa shape index (κ1) is 17.1. The van der Waals surface area contributed by atoms with Gasteiger partial charge in [0.25, 0.3) is 0 Å². The summed E-state index contributed by atoms with van der Waals surface area (Å²) >= 11 is 0. The molecule has 0 aliphatic carbocycles.